The molecule has 2 aromatic rings. The van der Waals surface area contributed by atoms with Crippen LogP contribution in [0.15, 0.2) is 54.6 Å². The summed E-state index contributed by atoms with van der Waals surface area (Å²) in [6, 6.07) is 18.2. The van der Waals surface area contributed by atoms with E-state index in [0.29, 0.717) is 19.4 Å². The molecule has 0 heterocycles. The van der Waals surface area contributed by atoms with Gasteiger partial charge in [-0.3, -0.25) is 9.59 Å². The summed E-state index contributed by atoms with van der Waals surface area (Å²) in [5, 5.41) is 8.76. The first-order valence-corrected chi connectivity index (χ1v) is 10.2. The first kappa shape index (κ1) is 23.4. The van der Waals surface area contributed by atoms with Crippen molar-refractivity contribution in [1.29, 1.82) is 0 Å². The molecule has 0 fully saturated rings. The molecule has 1 N–H and O–H groups in total. The lowest BCUT2D eigenvalue weighted by Crippen LogP contribution is -2.31. The molecule has 0 spiro atoms. The van der Waals surface area contributed by atoms with Crippen LogP contribution in [0, 0.1) is 0 Å². The van der Waals surface area contributed by atoms with Gasteiger partial charge in [-0.1, -0.05) is 75.4 Å². The highest BCUT2D eigenvalue weighted by molar-refractivity contribution is 5.75. The highest BCUT2D eigenvalue weighted by Gasteiger charge is 2.12. The highest BCUT2D eigenvalue weighted by Crippen LogP contribution is 2.12. The lowest BCUT2D eigenvalue weighted by atomic mass is 10.1. The smallest absolute Gasteiger partial charge is 0.303 e. The Hall–Kier alpha value is -2.62. The van der Waals surface area contributed by atoms with Gasteiger partial charge < -0.3 is 10.0 Å². The molecule has 1 amide bonds. The molecule has 2 rings (SSSR count). The van der Waals surface area contributed by atoms with Gasteiger partial charge in [-0.05, 0) is 36.0 Å². The predicted molar refractivity (Wildman–Crippen MR) is 114 cm³/mol. The third-order valence-electron chi connectivity index (χ3n) is 4.42. The van der Waals surface area contributed by atoms with E-state index in [0.717, 1.165) is 30.5 Å². The normalized spacial score (nSPS) is 9.96. The molecule has 0 radical (unpaired) electrons. The van der Waals surface area contributed by atoms with Gasteiger partial charge in [0.25, 0.3) is 0 Å². The summed E-state index contributed by atoms with van der Waals surface area (Å²) < 4.78 is 0. The van der Waals surface area contributed by atoms with E-state index in [4.69, 9.17) is 5.11 Å². The zero-order chi connectivity index (χ0) is 20.8. The third kappa shape index (κ3) is 8.85. The fraction of sp³-hybridized carbons (Fsp3) is 0.417. The third-order valence-corrected chi connectivity index (χ3v) is 4.42. The molecule has 0 saturated carbocycles. The lowest BCUT2D eigenvalue weighted by molar-refractivity contribution is -0.137. The molecule has 152 valence electrons. The number of carbonyl (C=O) groups excluding carboxylic acids is 1. The van der Waals surface area contributed by atoms with Crippen molar-refractivity contribution in [1.82, 2.24) is 4.90 Å². The molecular formula is C24H33NO3. The Bertz CT molecular complexity index is 696. The van der Waals surface area contributed by atoms with Gasteiger partial charge in [0.15, 0.2) is 0 Å². The van der Waals surface area contributed by atoms with Crippen LogP contribution in [-0.4, -0.2) is 28.4 Å². The predicted octanol–water partition coefficient (Wildman–Crippen LogP) is 5.10. The Kier molecular flexibility index (Phi) is 11.3. The van der Waals surface area contributed by atoms with Gasteiger partial charge in [-0.2, -0.15) is 0 Å². The van der Waals surface area contributed by atoms with Crippen molar-refractivity contribution >= 4 is 11.9 Å². The van der Waals surface area contributed by atoms with Gasteiger partial charge in [0, 0.05) is 25.9 Å². The van der Waals surface area contributed by atoms with Gasteiger partial charge in [0.05, 0.1) is 0 Å². The average Bonchev–Trinajstić information content (AvgIpc) is 2.74. The van der Waals surface area contributed by atoms with Crippen molar-refractivity contribution in [2.75, 3.05) is 6.54 Å². The van der Waals surface area contributed by atoms with Crippen LogP contribution in [0.4, 0.5) is 0 Å². The molecule has 4 nitrogen and oxygen atoms in total. The molecule has 0 aliphatic rings. The standard InChI is InChI=1S/C22H27NO3.C2H6/c1-2-21(24)23(16-6-9-18-7-4-3-5-8-18)17-20-12-10-19(11-13-20)14-15-22(25)26;1-2/h3-5,7-8,10-13H,2,6,9,14-17H2,1H3,(H,25,26);1-2H3. The highest BCUT2D eigenvalue weighted by atomic mass is 16.4. The number of amides is 1. The largest absolute Gasteiger partial charge is 0.481 e. The minimum Gasteiger partial charge on any atom is -0.481 e. The number of hydrogen-bond acceptors (Lipinski definition) is 2. The minimum atomic E-state index is -0.785. The van der Waals surface area contributed by atoms with Crippen molar-refractivity contribution in [2.24, 2.45) is 0 Å². The van der Waals surface area contributed by atoms with Crippen molar-refractivity contribution in [3.63, 3.8) is 0 Å². The van der Waals surface area contributed by atoms with Gasteiger partial charge >= 0.3 is 5.97 Å². The van der Waals surface area contributed by atoms with Crippen LogP contribution in [-0.2, 0) is 29.0 Å². The van der Waals surface area contributed by atoms with Crippen molar-refractivity contribution in [3.05, 3.63) is 71.3 Å². The summed E-state index contributed by atoms with van der Waals surface area (Å²) in [4.78, 5) is 24.8. The number of hydrogen-bond donors (Lipinski definition) is 1. The summed E-state index contributed by atoms with van der Waals surface area (Å²) in [7, 11) is 0. The quantitative estimate of drug-likeness (QED) is 0.621. The van der Waals surface area contributed by atoms with Crippen molar-refractivity contribution in [2.45, 2.75) is 59.4 Å². The first-order valence-electron chi connectivity index (χ1n) is 10.2. The van der Waals surface area contributed by atoms with Gasteiger partial charge in [-0.15, -0.1) is 0 Å². The van der Waals surface area contributed by atoms with E-state index in [-0.39, 0.29) is 12.3 Å². The molecule has 0 aliphatic heterocycles. The maximum absolute atomic E-state index is 12.3. The minimum absolute atomic E-state index is 0.138. The number of benzene rings is 2. The molecular weight excluding hydrogens is 350 g/mol. The molecule has 28 heavy (non-hydrogen) atoms. The van der Waals surface area contributed by atoms with Gasteiger partial charge in [0.2, 0.25) is 5.91 Å². The number of carbonyl (C=O) groups is 2. The zero-order valence-corrected chi connectivity index (χ0v) is 17.4. The van der Waals surface area contributed by atoms with E-state index in [9.17, 15) is 9.59 Å². The second-order valence-corrected chi connectivity index (χ2v) is 6.47. The van der Waals surface area contributed by atoms with Crippen LogP contribution < -0.4 is 0 Å². The summed E-state index contributed by atoms with van der Waals surface area (Å²) >= 11 is 0. The number of nitrogens with zero attached hydrogens (tertiary/aromatic N) is 1. The van der Waals surface area contributed by atoms with E-state index in [1.54, 1.807) is 0 Å². The zero-order valence-electron chi connectivity index (χ0n) is 17.4. The molecule has 2 aromatic carbocycles. The van der Waals surface area contributed by atoms with Crippen LogP contribution in [0.5, 0.6) is 0 Å². The van der Waals surface area contributed by atoms with E-state index < -0.39 is 5.97 Å². The summed E-state index contributed by atoms with van der Waals surface area (Å²) in [6.45, 7) is 7.23. The van der Waals surface area contributed by atoms with Gasteiger partial charge in [0.1, 0.15) is 0 Å². The number of carboxylic acid groups (broad SMARTS) is 1. The van der Waals surface area contributed by atoms with Crippen LogP contribution in [0.2, 0.25) is 0 Å². The summed E-state index contributed by atoms with van der Waals surface area (Å²) in [6.07, 6.45) is 3.07. The van der Waals surface area contributed by atoms with Gasteiger partial charge in [-0.25, -0.2) is 0 Å². The van der Waals surface area contributed by atoms with E-state index >= 15 is 0 Å². The second-order valence-electron chi connectivity index (χ2n) is 6.47. The molecule has 4 heteroatoms. The number of rotatable bonds is 10. The first-order chi connectivity index (χ1) is 13.6. The number of aryl methyl sites for hydroxylation is 2. The molecule has 0 bridgehead atoms. The van der Waals surface area contributed by atoms with E-state index in [1.807, 2.05) is 68.1 Å². The van der Waals surface area contributed by atoms with Crippen LogP contribution >= 0.6 is 0 Å². The maximum atomic E-state index is 12.3. The Labute approximate surface area is 169 Å². The fourth-order valence-electron chi connectivity index (χ4n) is 2.92. The molecule has 0 unspecified atom stereocenters. The number of carboxylic acids is 1. The summed E-state index contributed by atoms with van der Waals surface area (Å²) in [5.41, 5.74) is 3.37. The van der Waals surface area contributed by atoms with Crippen LogP contribution in [0.1, 0.15) is 56.7 Å². The number of aliphatic carboxylic acids is 1. The topological polar surface area (TPSA) is 57.6 Å². The van der Waals surface area contributed by atoms with E-state index in [1.165, 1.54) is 5.56 Å². The molecule has 0 saturated heterocycles. The van der Waals surface area contributed by atoms with Crippen LogP contribution in [0.3, 0.4) is 0 Å². The molecule has 0 atom stereocenters. The van der Waals surface area contributed by atoms with Crippen LogP contribution in [0.25, 0.3) is 0 Å². The Morgan fingerprint density at radius 1 is 0.857 bits per heavy atom. The monoisotopic (exact) mass is 383 g/mol. The molecule has 0 aromatic heterocycles. The molecule has 0 aliphatic carbocycles. The Morgan fingerprint density at radius 3 is 2.00 bits per heavy atom. The Morgan fingerprint density at radius 2 is 1.43 bits per heavy atom. The fourth-order valence-corrected chi connectivity index (χ4v) is 2.92. The van der Waals surface area contributed by atoms with E-state index in [2.05, 4.69) is 12.1 Å². The summed E-state index contributed by atoms with van der Waals surface area (Å²) in [5.74, 6) is -0.625. The van der Waals surface area contributed by atoms with Crippen molar-refractivity contribution < 1.29 is 14.7 Å². The average molecular weight is 384 g/mol. The van der Waals surface area contributed by atoms with Crippen molar-refractivity contribution in [3.8, 4) is 0 Å². The lowest BCUT2D eigenvalue weighted by Gasteiger charge is -2.22. The second kappa shape index (κ2) is 13.5. The SMILES string of the molecule is CC.CCC(=O)N(CCCc1ccccc1)Cc1ccc(CCC(=O)O)cc1. The maximum Gasteiger partial charge on any atom is 0.303 e. The Balaban J connectivity index is 0.00000190.